The summed E-state index contributed by atoms with van der Waals surface area (Å²) in [4.78, 5) is 0. The lowest BCUT2D eigenvalue weighted by atomic mass is 10.2. The number of hydrogen-bond donors (Lipinski definition) is 0. The molecule has 4 nitrogen and oxygen atoms in total. The Morgan fingerprint density at radius 3 is 2.61 bits per heavy atom. The SMILES string of the molecule is N#Cc1ccc(Oc2snc(Cl)c2C#N)c(Cl)c1. The first-order valence-electron chi connectivity index (χ1n) is 4.58. The van der Waals surface area contributed by atoms with E-state index in [0.717, 1.165) is 11.5 Å². The van der Waals surface area contributed by atoms with Crippen molar-refractivity contribution in [3.05, 3.63) is 39.5 Å². The number of benzene rings is 1. The minimum atomic E-state index is 0.0993. The number of rotatable bonds is 2. The molecule has 0 fully saturated rings. The van der Waals surface area contributed by atoms with Crippen LogP contribution in [-0.4, -0.2) is 4.37 Å². The zero-order chi connectivity index (χ0) is 13.1. The fourth-order valence-electron chi connectivity index (χ4n) is 1.17. The average molecular weight is 296 g/mol. The Bertz CT molecular complexity index is 685. The van der Waals surface area contributed by atoms with Crippen molar-refractivity contribution in [1.82, 2.24) is 4.37 Å². The van der Waals surface area contributed by atoms with E-state index >= 15 is 0 Å². The summed E-state index contributed by atoms with van der Waals surface area (Å²) in [6.45, 7) is 0. The summed E-state index contributed by atoms with van der Waals surface area (Å²) in [6.07, 6.45) is 0. The van der Waals surface area contributed by atoms with E-state index in [1.165, 1.54) is 6.07 Å². The number of aromatic nitrogens is 1. The lowest BCUT2D eigenvalue weighted by Gasteiger charge is -2.05. The van der Waals surface area contributed by atoms with Crippen molar-refractivity contribution in [2.75, 3.05) is 0 Å². The van der Waals surface area contributed by atoms with Gasteiger partial charge in [-0.05, 0) is 18.2 Å². The summed E-state index contributed by atoms with van der Waals surface area (Å²) in [5, 5.41) is 18.3. The van der Waals surface area contributed by atoms with Gasteiger partial charge >= 0.3 is 0 Å². The summed E-state index contributed by atoms with van der Waals surface area (Å²) < 4.78 is 9.27. The van der Waals surface area contributed by atoms with E-state index < -0.39 is 0 Å². The Morgan fingerprint density at radius 2 is 2.00 bits per heavy atom. The van der Waals surface area contributed by atoms with Crippen molar-refractivity contribution in [3.8, 4) is 23.0 Å². The zero-order valence-corrected chi connectivity index (χ0v) is 11.0. The van der Waals surface area contributed by atoms with Crippen LogP contribution in [0.3, 0.4) is 0 Å². The Balaban J connectivity index is 2.35. The molecular weight excluding hydrogens is 293 g/mol. The van der Waals surface area contributed by atoms with Crippen molar-refractivity contribution in [3.63, 3.8) is 0 Å². The average Bonchev–Trinajstić information content (AvgIpc) is 2.72. The van der Waals surface area contributed by atoms with Crippen molar-refractivity contribution in [2.24, 2.45) is 0 Å². The van der Waals surface area contributed by atoms with Crippen LogP contribution in [-0.2, 0) is 0 Å². The fraction of sp³-hybridized carbons (Fsp3) is 0. The predicted molar refractivity (Wildman–Crippen MR) is 68.1 cm³/mol. The molecule has 0 saturated heterocycles. The van der Waals surface area contributed by atoms with E-state index in [-0.39, 0.29) is 20.8 Å². The van der Waals surface area contributed by atoms with Gasteiger partial charge in [0, 0.05) is 11.5 Å². The minimum absolute atomic E-state index is 0.0993. The molecule has 18 heavy (non-hydrogen) atoms. The van der Waals surface area contributed by atoms with Gasteiger partial charge in [0.05, 0.1) is 16.7 Å². The molecule has 0 aliphatic heterocycles. The Hall–Kier alpha value is -1.79. The second-order valence-electron chi connectivity index (χ2n) is 3.11. The maximum Gasteiger partial charge on any atom is 0.219 e. The molecule has 1 heterocycles. The molecule has 0 aliphatic rings. The maximum atomic E-state index is 8.89. The van der Waals surface area contributed by atoms with Crippen LogP contribution >= 0.6 is 34.7 Å². The van der Waals surface area contributed by atoms with E-state index in [1.54, 1.807) is 12.1 Å². The first-order valence-corrected chi connectivity index (χ1v) is 6.11. The molecule has 0 spiro atoms. The smallest absolute Gasteiger partial charge is 0.219 e. The molecule has 0 radical (unpaired) electrons. The molecule has 0 unspecified atom stereocenters. The third-order valence-corrected chi connectivity index (χ3v) is 3.39. The van der Waals surface area contributed by atoms with Gasteiger partial charge in [-0.1, -0.05) is 23.2 Å². The van der Waals surface area contributed by atoms with Crippen LogP contribution in [0.15, 0.2) is 18.2 Å². The van der Waals surface area contributed by atoms with Gasteiger partial charge < -0.3 is 4.74 Å². The highest BCUT2D eigenvalue weighted by molar-refractivity contribution is 7.08. The number of ether oxygens (including phenoxy) is 1. The van der Waals surface area contributed by atoms with E-state index in [2.05, 4.69) is 4.37 Å². The van der Waals surface area contributed by atoms with Gasteiger partial charge in [-0.25, -0.2) is 0 Å². The highest BCUT2D eigenvalue weighted by Gasteiger charge is 2.15. The molecule has 0 N–H and O–H groups in total. The summed E-state index contributed by atoms with van der Waals surface area (Å²) in [5.74, 6) is 0.340. The van der Waals surface area contributed by atoms with Crippen LogP contribution in [0.5, 0.6) is 10.8 Å². The number of nitrogens with zero attached hydrogens (tertiary/aromatic N) is 3. The molecular formula is C11H3Cl2N3OS. The largest absolute Gasteiger partial charge is 0.442 e. The van der Waals surface area contributed by atoms with Crippen molar-refractivity contribution < 1.29 is 4.74 Å². The van der Waals surface area contributed by atoms with Gasteiger partial charge in [0.15, 0.2) is 5.15 Å². The summed E-state index contributed by atoms with van der Waals surface area (Å²) in [7, 11) is 0. The van der Waals surface area contributed by atoms with Crippen molar-refractivity contribution >= 4 is 34.7 Å². The van der Waals surface area contributed by atoms with Gasteiger partial charge in [-0.15, -0.1) is 0 Å². The van der Waals surface area contributed by atoms with E-state index in [1.807, 2.05) is 12.1 Å². The summed E-state index contributed by atoms with van der Waals surface area (Å²) in [5.41, 5.74) is 0.595. The van der Waals surface area contributed by atoms with Crippen LogP contribution in [0.25, 0.3) is 0 Å². The molecule has 1 aromatic carbocycles. The lowest BCUT2D eigenvalue weighted by molar-refractivity contribution is 0.495. The minimum Gasteiger partial charge on any atom is -0.442 e. The monoisotopic (exact) mass is 295 g/mol. The molecule has 1 aromatic heterocycles. The molecule has 7 heteroatoms. The lowest BCUT2D eigenvalue weighted by Crippen LogP contribution is -1.86. The van der Waals surface area contributed by atoms with Gasteiger partial charge in [0.25, 0.3) is 0 Å². The van der Waals surface area contributed by atoms with Crippen LogP contribution in [0.2, 0.25) is 10.2 Å². The van der Waals surface area contributed by atoms with Crippen molar-refractivity contribution in [2.45, 2.75) is 0 Å². The van der Waals surface area contributed by atoms with Crippen molar-refractivity contribution in [1.29, 1.82) is 10.5 Å². The standard InChI is InChI=1S/C11H3Cl2N3OS/c12-8-3-6(4-14)1-2-9(8)17-11-7(5-15)10(13)16-18-11/h1-3H. The molecule has 0 aliphatic carbocycles. The quantitative estimate of drug-likeness (QED) is 0.840. The normalized spacial score (nSPS) is 9.56. The maximum absolute atomic E-state index is 8.89. The Labute approximate surface area is 117 Å². The van der Waals surface area contributed by atoms with E-state index in [0.29, 0.717) is 11.3 Å². The van der Waals surface area contributed by atoms with Gasteiger partial charge in [0.2, 0.25) is 5.06 Å². The molecule has 88 valence electrons. The van der Waals surface area contributed by atoms with Gasteiger partial charge in [-0.3, -0.25) is 0 Å². The summed E-state index contributed by atoms with van der Waals surface area (Å²) >= 11 is 12.6. The van der Waals surface area contributed by atoms with Gasteiger partial charge in [0.1, 0.15) is 17.4 Å². The second-order valence-corrected chi connectivity index (χ2v) is 4.61. The van der Waals surface area contributed by atoms with Crippen LogP contribution in [0, 0.1) is 22.7 Å². The molecule has 0 bridgehead atoms. The zero-order valence-electron chi connectivity index (χ0n) is 8.65. The fourth-order valence-corrected chi connectivity index (χ4v) is 2.29. The second kappa shape index (κ2) is 5.24. The molecule has 2 rings (SSSR count). The first-order chi connectivity index (χ1) is 8.65. The first kappa shape index (κ1) is 12.7. The highest BCUT2D eigenvalue weighted by Crippen LogP contribution is 2.36. The Morgan fingerprint density at radius 1 is 1.22 bits per heavy atom. The number of nitriles is 2. The molecule has 0 atom stereocenters. The third kappa shape index (κ3) is 2.39. The van der Waals surface area contributed by atoms with E-state index in [4.69, 9.17) is 38.5 Å². The van der Waals surface area contributed by atoms with Crippen LogP contribution in [0.4, 0.5) is 0 Å². The highest BCUT2D eigenvalue weighted by atomic mass is 35.5. The molecule has 2 aromatic rings. The molecule has 0 saturated carbocycles. The predicted octanol–water partition coefficient (Wildman–Crippen LogP) is 3.99. The van der Waals surface area contributed by atoms with Gasteiger partial charge in [-0.2, -0.15) is 14.9 Å². The number of halogens is 2. The molecule has 0 amide bonds. The summed E-state index contributed by atoms with van der Waals surface area (Å²) in [6, 6.07) is 8.46. The van der Waals surface area contributed by atoms with E-state index in [9.17, 15) is 0 Å². The topological polar surface area (TPSA) is 69.7 Å². The Kier molecular flexibility index (Phi) is 3.69. The number of hydrogen-bond acceptors (Lipinski definition) is 5. The van der Waals surface area contributed by atoms with Crippen LogP contribution in [0.1, 0.15) is 11.1 Å². The van der Waals surface area contributed by atoms with Crippen LogP contribution < -0.4 is 4.74 Å². The third-order valence-electron chi connectivity index (χ3n) is 1.99.